The molecule has 0 fully saturated rings. The van der Waals surface area contributed by atoms with Crippen LogP contribution in [0.25, 0.3) is 0 Å². The maximum Gasteiger partial charge on any atom is 0.261 e. The fraction of sp³-hybridized carbons (Fsp3) is 0.267. The fourth-order valence-electron chi connectivity index (χ4n) is 1.93. The number of amides is 2. The number of nitrogens with zero attached hydrogens (tertiary/aromatic N) is 1. The first kappa shape index (κ1) is 14.8. The molecule has 4 nitrogen and oxygen atoms in total. The first-order valence-corrected chi connectivity index (χ1v) is 6.06. The highest BCUT2D eigenvalue weighted by Gasteiger charge is 2.34. The minimum atomic E-state index is -0.255. The Labute approximate surface area is 112 Å². The molecule has 0 N–H and O–H groups in total. The Hall–Kier alpha value is -2.23. The highest BCUT2D eigenvalue weighted by atomic mass is 16.2. The van der Waals surface area contributed by atoms with Crippen LogP contribution in [0.4, 0.5) is 0 Å². The molecule has 1 aromatic rings. The second-order valence-corrected chi connectivity index (χ2v) is 4.11. The van der Waals surface area contributed by atoms with Gasteiger partial charge in [-0.1, -0.05) is 12.1 Å². The molecule has 1 aliphatic heterocycles. The minimum Gasteiger partial charge on any atom is -0.300 e. The first-order valence-electron chi connectivity index (χ1n) is 6.06. The van der Waals surface area contributed by atoms with E-state index in [1.165, 1.54) is 11.8 Å². The van der Waals surface area contributed by atoms with E-state index in [4.69, 9.17) is 0 Å². The van der Waals surface area contributed by atoms with Crippen molar-refractivity contribution in [1.29, 1.82) is 0 Å². The maximum absolute atomic E-state index is 11.9. The molecule has 1 heterocycles. The van der Waals surface area contributed by atoms with Crippen LogP contribution in [0.15, 0.2) is 37.4 Å². The number of Topliss-reactive ketones (excluding diaryl/α,β-unsaturated/α-hetero) is 1. The van der Waals surface area contributed by atoms with Gasteiger partial charge in [0.05, 0.1) is 11.1 Å². The van der Waals surface area contributed by atoms with Gasteiger partial charge in [0.2, 0.25) is 0 Å². The van der Waals surface area contributed by atoms with E-state index in [2.05, 4.69) is 13.2 Å². The van der Waals surface area contributed by atoms with Crippen molar-refractivity contribution < 1.29 is 14.4 Å². The largest absolute Gasteiger partial charge is 0.300 e. The second-order valence-electron chi connectivity index (χ2n) is 4.11. The summed E-state index contributed by atoms with van der Waals surface area (Å²) in [6, 6.07) is 6.78. The predicted octanol–water partition coefficient (Wildman–Crippen LogP) is 2.45. The Morgan fingerprint density at radius 2 is 1.58 bits per heavy atom. The summed E-state index contributed by atoms with van der Waals surface area (Å²) in [4.78, 5) is 35.8. The van der Waals surface area contributed by atoms with E-state index >= 15 is 0 Å². The molecular weight excluding hydrogens is 242 g/mol. The van der Waals surface area contributed by atoms with E-state index in [9.17, 15) is 14.4 Å². The molecule has 0 saturated heterocycles. The molecule has 0 radical (unpaired) electrons. The van der Waals surface area contributed by atoms with Crippen molar-refractivity contribution in [2.24, 2.45) is 0 Å². The number of fused-ring (bicyclic) bond motifs is 1. The fourth-order valence-corrected chi connectivity index (χ4v) is 1.93. The second kappa shape index (κ2) is 6.64. The van der Waals surface area contributed by atoms with Gasteiger partial charge in [-0.25, -0.2) is 0 Å². The van der Waals surface area contributed by atoms with Gasteiger partial charge in [0, 0.05) is 13.0 Å². The van der Waals surface area contributed by atoms with Crippen molar-refractivity contribution in [1.82, 2.24) is 4.90 Å². The normalized spacial score (nSPS) is 12.8. The molecule has 0 bridgehead atoms. The van der Waals surface area contributed by atoms with Gasteiger partial charge in [0.15, 0.2) is 0 Å². The van der Waals surface area contributed by atoms with Crippen molar-refractivity contribution in [2.45, 2.75) is 19.8 Å². The van der Waals surface area contributed by atoms with Gasteiger partial charge < -0.3 is 4.79 Å². The van der Waals surface area contributed by atoms with Crippen LogP contribution in [0.3, 0.4) is 0 Å². The summed E-state index contributed by atoms with van der Waals surface area (Å²) in [6.07, 6.45) is 0.925. The van der Waals surface area contributed by atoms with Gasteiger partial charge in [0.1, 0.15) is 5.78 Å². The topological polar surface area (TPSA) is 54.5 Å². The van der Waals surface area contributed by atoms with Crippen molar-refractivity contribution in [3.05, 3.63) is 48.6 Å². The van der Waals surface area contributed by atoms with E-state index < -0.39 is 0 Å². The molecule has 0 saturated carbocycles. The zero-order chi connectivity index (χ0) is 14.4. The summed E-state index contributed by atoms with van der Waals surface area (Å²) in [5.41, 5.74) is 0.917. The lowest BCUT2D eigenvalue weighted by Crippen LogP contribution is -2.30. The number of hydrogen-bond donors (Lipinski definition) is 0. The quantitative estimate of drug-likeness (QED) is 0.616. The van der Waals surface area contributed by atoms with Gasteiger partial charge in [-0.3, -0.25) is 14.5 Å². The van der Waals surface area contributed by atoms with Crippen LogP contribution < -0.4 is 0 Å². The Bertz CT molecular complexity index is 473. The van der Waals surface area contributed by atoms with Crippen molar-refractivity contribution in [3.63, 3.8) is 0 Å². The van der Waals surface area contributed by atoms with Gasteiger partial charge in [0.25, 0.3) is 11.8 Å². The van der Waals surface area contributed by atoms with Gasteiger partial charge in [-0.05, 0) is 25.5 Å². The third-order valence-electron chi connectivity index (χ3n) is 2.79. The summed E-state index contributed by atoms with van der Waals surface area (Å²) in [5, 5.41) is 0. The molecule has 2 rings (SSSR count). The summed E-state index contributed by atoms with van der Waals surface area (Å²) in [6.45, 7) is 7.81. The molecule has 0 spiro atoms. The molecule has 0 unspecified atom stereocenters. The summed E-state index contributed by atoms with van der Waals surface area (Å²) >= 11 is 0. The Morgan fingerprint density at radius 3 is 2.00 bits per heavy atom. The molecule has 0 atom stereocenters. The van der Waals surface area contributed by atoms with Crippen LogP contribution in [0.5, 0.6) is 0 Å². The number of imide groups is 1. The number of hydrogen-bond acceptors (Lipinski definition) is 3. The number of carbonyl (C=O) groups excluding carboxylic acids is 3. The van der Waals surface area contributed by atoms with Gasteiger partial charge >= 0.3 is 0 Å². The molecule has 0 aliphatic carbocycles. The van der Waals surface area contributed by atoms with Crippen molar-refractivity contribution in [2.75, 3.05) is 6.54 Å². The van der Waals surface area contributed by atoms with E-state index in [0.29, 0.717) is 30.5 Å². The Kier molecular flexibility index (Phi) is 5.18. The standard InChI is InChI=1S/C13H13NO3.C2H4/c1-9(15)5-4-8-14-12(16)10-6-2-3-7-11(10)13(14)17;1-2/h2-3,6-7H,4-5,8H2,1H3;1-2H2. The Balaban J connectivity index is 0.000000861. The summed E-state index contributed by atoms with van der Waals surface area (Å²) in [5.74, 6) is -0.440. The van der Waals surface area contributed by atoms with Crippen LogP contribution in [-0.4, -0.2) is 29.0 Å². The van der Waals surface area contributed by atoms with Crippen LogP contribution in [0, 0.1) is 0 Å². The molecule has 19 heavy (non-hydrogen) atoms. The van der Waals surface area contributed by atoms with Crippen LogP contribution in [0.2, 0.25) is 0 Å². The van der Waals surface area contributed by atoms with E-state index in [0.717, 1.165) is 0 Å². The van der Waals surface area contributed by atoms with E-state index in [1.54, 1.807) is 24.3 Å². The smallest absolute Gasteiger partial charge is 0.261 e. The monoisotopic (exact) mass is 259 g/mol. The van der Waals surface area contributed by atoms with Gasteiger partial charge in [-0.15, -0.1) is 13.2 Å². The lowest BCUT2D eigenvalue weighted by atomic mass is 10.1. The molecule has 1 aliphatic rings. The molecule has 0 aromatic heterocycles. The number of benzene rings is 1. The average molecular weight is 259 g/mol. The SMILES string of the molecule is C=C.CC(=O)CCCN1C(=O)c2ccccc2C1=O. The highest BCUT2D eigenvalue weighted by Crippen LogP contribution is 2.22. The first-order chi connectivity index (χ1) is 9.11. The molecule has 1 aromatic carbocycles. The lowest BCUT2D eigenvalue weighted by Gasteiger charge is -2.12. The molecule has 100 valence electrons. The predicted molar refractivity (Wildman–Crippen MR) is 73.0 cm³/mol. The van der Waals surface area contributed by atoms with Crippen LogP contribution >= 0.6 is 0 Å². The number of rotatable bonds is 4. The highest BCUT2D eigenvalue weighted by molar-refractivity contribution is 6.21. The van der Waals surface area contributed by atoms with Crippen molar-refractivity contribution >= 4 is 17.6 Å². The van der Waals surface area contributed by atoms with Crippen LogP contribution in [-0.2, 0) is 4.79 Å². The third-order valence-corrected chi connectivity index (χ3v) is 2.79. The Morgan fingerprint density at radius 1 is 1.11 bits per heavy atom. The molecule has 2 amide bonds. The van der Waals surface area contributed by atoms with E-state index in [-0.39, 0.29) is 17.6 Å². The summed E-state index contributed by atoms with van der Waals surface area (Å²) < 4.78 is 0. The number of ketones is 1. The zero-order valence-corrected chi connectivity index (χ0v) is 11.0. The van der Waals surface area contributed by atoms with Crippen LogP contribution in [0.1, 0.15) is 40.5 Å². The number of carbonyl (C=O) groups is 3. The zero-order valence-electron chi connectivity index (χ0n) is 11.0. The lowest BCUT2D eigenvalue weighted by molar-refractivity contribution is -0.117. The third kappa shape index (κ3) is 3.16. The van der Waals surface area contributed by atoms with Gasteiger partial charge in [-0.2, -0.15) is 0 Å². The average Bonchev–Trinajstić information content (AvgIpc) is 2.66. The summed E-state index contributed by atoms with van der Waals surface area (Å²) in [7, 11) is 0. The minimum absolute atomic E-state index is 0.0709. The van der Waals surface area contributed by atoms with Crippen molar-refractivity contribution in [3.8, 4) is 0 Å². The molecular formula is C15H17NO3. The van der Waals surface area contributed by atoms with E-state index in [1.807, 2.05) is 0 Å². The maximum atomic E-state index is 11.9. The molecule has 4 heteroatoms.